The summed E-state index contributed by atoms with van der Waals surface area (Å²) in [5, 5.41) is 8.48. The fourth-order valence-electron chi connectivity index (χ4n) is 3.89. The molecular weight excluding hydrogens is 416 g/mol. The van der Waals surface area contributed by atoms with Gasteiger partial charge in [0.05, 0.1) is 19.9 Å². The van der Waals surface area contributed by atoms with Crippen LogP contribution in [0.2, 0.25) is 0 Å². The third-order valence-electron chi connectivity index (χ3n) is 5.60. The lowest BCUT2D eigenvalue weighted by atomic mass is 9.96. The summed E-state index contributed by atoms with van der Waals surface area (Å²) in [4.78, 5) is 9.31. The van der Waals surface area contributed by atoms with Gasteiger partial charge in [-0.05, 0) is 76.7 Å². The minimum absolute atomic E-state index is 0.621. The van der Waals surface area contributed by atoms with Crippen LogP contribution in [0.4, 0.5) is 0 Å². The maximum Gasteiger partial charge on any atom is 0.162 e. The van der Waals surface area contributed by atoms with E-state index in [0.29, 0.717) is 17.5 Å². The van der Waals surface area contributed by atoms with Gasteiger partial charge in [-0.1, -0.05) is 18.2 Å². The molecule has 2 aromatic carbocycles. The molecule has 0 bridgehead atoms. The van der Waals surface area contributed by atoms with Crippen LogP contribution in [0.25, 0.3) is 33.4 Å². The number of aryl methyl sites for hydroxylation is 2. The van der Waals surface area contributed by atoms with E-state index in [0.717, 1.165) is 51.6 Å². The summed E-state index contributed by atoms with van der Waals surface area (Å²) in [5.41, 5.74) is 6.90. The van der Waals surface area contributed by atoms with E-state index in [1.165, 1.54) is 0 Å². The number of aromatic nitrogens is 4. The van der Waals surface area contributed by atoms with Gasteiger partial charge in [-0.15, -0.1) is 0 Å². The minimum Gasteiger partial charge on any atom is -0.497 e. The number of hydrogen-bond donors (Lipinski definition) is 0. The van der Waals surface area contributed by atoms with E-state index in [1.807, 2.05) is 60.8 Å². The van der Waals surface area contributed by atoms with E-state index in [1.54, 1.807) is 20.4 Å². The number of nitrogens with zero attached hydrogens (tertiary/aromatic N) is 4. The zero-order valence-corrected chi connectivity index (χ0v) is 18.4. The molecule has 0 unspecified atom stereocenters. The zero-order chi connectivity index (χ0) is 22.6. The average molecular weight is 438 g/mol. The molecule has 0 spiro atoms. The van der Waals surface area contributed by atoms with Crippen molar-refractivity contribution in [3.8, 4) is 33.9 Å². The molecule has 0 saturated carbocycles. The molecule has 0 fully saturated rings. The van der Waals surface area contributed by atoms with Crippen molar-refractivity contribution >= 4 is 11.0 Å². The molecule has 7 heteroatoms. The van der Waals surface area contributed by atoms with E-state index in [9.17, 15) is 0 Å². The Bertz CT molecular complexity index is 1370. The summed E-state index contributed by atoms with van der Waals surface area (Å²) in [7, 11) is 3.30. The first-order valence-electron chi connectivity index (χ1n) is 10.6. The normalized spacial score (nSPS) is 11.0. The summed E-state index contributed by atoms with van der Waals surface area (Å²) in [6.07, 6.45) is 5.16. The second-order valence-electron chi connectivity index (χ2n) is 7.56. The SMILES string of the molecule is COc1ccc(-c2nc(CCc3cccnc3)c(-c3ccc(OC)cc3)c3nonc23)cc1. The lowest BCUT2D eigenvalue weighted by Gasteiger charge is -2.13. The molecule has 0 aliphatic heterocycles. The standard InChI is InChI=1S/C26H22N4O3/c1-31-20-10-6-18(7-11-20)23-22(14-5-17-4-3-15-27-16-17)28-24(26-25(23)29-33-30-26)19-8-12-21(32-2)13-9-19/h3-4,6-13,15-16H,5,14H2,1-2H3. The zero-order valence-electron chi connectivity index (χ0n) is 18.4. The fraction of sp³-hybridized carbons (Fsp3) is 0.154. The predicted molar refractivity (Wildman–Crippen MR) is 125 cm³/mol. The van der Waals surface area contributed by atoms with Crippen LogP contribution < -0.4 is 9.47 Å². The third-order valence-corrected chi connectivity index (χ3v) is 5.60. The summed E-state index contributed by atoms with van der Waals surface area (Å²) < 4.78 is 15.8. The predicted octanol–water partition coefficient (Wildman–Crippen LogP) is 5.15. The van der Waals surface area contributed by atoms with Gasteiger partial charge >= 0.3 is 0 Å². The Morgan fingerprint density at radius 3 is 2.06 bits per heavy atom. The topological polar surface area (TPSA) is 83.2 Å². The molecule has 0 amide bonds. The second kappa shape index (κ2) is 9.08. The van der Waals surface area contributed by atoms with Crippen LogP contribution in [0.1, 0.15) is 11.3 Å². The number of hydrogen-bond acceptors (Lipinski definition) is 7. The van der Waals surface area contributed by atoms with Crippen molar-refractivity contribution in [1.82, 2.24) is 20.3 Å². The summed E-state index contributed by atoms with van der Waals surface area (Å²) in [6, 6.07) is 19.6. The minimum atomic E-state index is 0.621. The van der Waals surface area contributed by atoms with E-state index >= 15 is 0 Å². The van der Waals surface area contributed by atoms with E-state index in [4.69, 9.17) is 19.1 Å². The van der Waals surface area contributed by atoms with Crippen molar-refractivity contribution in [2.24, 2.45) is 0 Å². The second-order valence-corrected chi connectivity index (χ2v) is 7.56. The lowest BCUT2D eigenvalue weighted by Crippen LogP contribution is -2.02. The van der Waals surface area contributed by atoms with Crippen LogP contribution in [-0.2, 0) is 12.8 Å². The Morgan fingerprint density at radius 1 is 0.758 bits per heavy atom. The van der Waals surface area contributed by atoms with Gasteiger partial charge in [-0.25, -0.2) is 9.61 Å². The molecular formula is C26H22N4O3. The molecule has 0 saturated heterocycles. The fourth-order valence-corrected chi connectivity index (χ4v) is 3.89. The molecule has 5 aromatic rings. The first-order valence-corrected chi connectivity index (χ1v) is 10.6. The van der Waals surface area contributed by atoms with E-state index in [2.05, 4.69) is 21.4 Å². The van der Waals surface area contributed by atoms with Gasteiger partial charge in [0.25, 0.3) is 0 Å². The van der Waals surface area contributed by atoms with E-state index in [-0.39, 0.29) is 0 Å². The molecule has 5 rings (SSSR count). The molecule has 0 atom stereocenters. The van der Waals surface area contributed by atoms with Crippen LogP contribution in [0.5, 0.6) is 11.5 Å². The van der Waals surface area contributed by atoms with Gasteiger partial charge in [0.2, 0.25) is 0 Å². The van der Waals surface area contributed by atoms with Gasteiger partial charge in [0.1, 0.15) is 22.7 Å². The van der Waals surface area contributed by atoms with Crippen LogP contribution >= 0.6 is 0 Å². The van der Waals surface area contributed by atoms with Gasteiger partial charge in [-0.2, -0.15) is 0 Å². The molecule has 3 aromatic heterocycles. The maximum atomic E-state index is 5.33. The maximum absolute atomic E-state index is 5.33. The van der Waals surface area contributed by atoms with Gasteiger partial charge in [0.15, 0.2) is 5.52 Å². The van der Waals surface area contributed by atoms with Crippen molar-refractivity contribution < 1.29 is 14.1 Å². The van der Waals surface area contributed by atoms with Crippen molar-refractivity contribution in [1.29, 1.82) is 0 Å². The van der Waals surface area contributed by atoms with Crippen molar-refractivity contribution in [3.63, 3.8) is 0 Å². The Balaban J connectivity index is 1.66. The third kappa shape index (κ3) is 4.13. The van der Waals surface area contributed by atoms with Gasteiger partial charge in [-0.3, -0.25) is 4.98 Å². The molecule has 33 heavy (non-hydrogen) atoms. The summed E-state index contributed by atoms with van der Waals surface area (Å²) in [6.45, 7) is 0. The Hall–Kier alpha value is -4.26. The van der Waals surface area contributed by atoms with E-state index < -0.39 is 0 Å². The number of fused-ring (bicyclic) bond motifs is 1. The van der Waals surface area contributed by atoms with Crippen molar-refractivity contribution in [2.45, 2.75) is 12.8 Å². The lowest BCUT2D eigenvalue weighted by molar-refractivity contribution is 0.315. The van der Waals surface area contributed by atoms with Crippen LogP contribution in [0.15, 0.2) is 77.7 Å². The molecule has 0 aliphatic carbocycles. The highest BCUT2D eigenvalue weighted by Gasteiger charge is 2.21. The Labute approximate surface area is 191 Å². The molecule has 0 N–H and O–H groups in total. The summed E-state index contributed by atoms with van der Waals surface area (Å²) in [5.74, 6) is 1.56. The number of benzene rings is 2. The van der Waals surface area contributed by atoms with Gasteiger partial charge < -0.3 is 9.47 Å². The number of methoxy groups -OCH3 is 2. The highest BCUT2D eigenvalue weighted by Crippen LogP contribution is 2.36. The molecule has 0 aliphatic rings. The molecule has 7 nitrogen and oxygen atoms in total. The molecule has 0 radical (unpaired) electrons. The Kier molecular flexibility index (Phi) is 5.68. The summed E-state index contributed by atoms with van der Waals surface area (Å²) >= 11 is 0. The van der Waals surface area contributed by atoms with Crippen LogP contribution in [-0.4, -0.2) is 34.5 Å². The highest BCUT2D eigenvalue weighted by molar-refractivity contribution is 5.99. The highest BCUT2D eigenvalue weighted by atomic mass is 16.6. The number of pyridine rings is 2. The van der Waals surface area contributed by atoms with Crippen molar-refractivity contribution in [2.75, 3.05) is 14.2 Å². The first-order chi connectivity index (χ1) is 16.3. The quantitative estimate of drug-likeness (QED) is 0.347. The molecule has 164 valence electrons. The number of ether oxygens (including phenoxy) is 2. The monoisotopic (exact) mass is 438 g/mol. The first kappa shape index (κ1) is 20.6. The van der Waals surface area contributed by atoms with Crippen molar-refractivity contribution in [3.05, 3.63) is 84.3 Å². The number of rotatable bonds is 7. The Morgan fingerprint density at radius 2 is 1.42 bits per heavy atom. The van der Waals surface area contributed by atoms with Crippen LogP contribution in [0, 0.1) is 0 Å². The largest absolute Gasteiger partial charge is 0.497 e. The van der Waals surface area contributed by atoms with Crippen LogP contribution in [0.3, 0.4) is 0 Å². The smallest absolute Gasteiger partial charge is 0.162 e. The average Bonchev–Trinajstić information content (AvgIpc) is 3.37. The van der Waals surface area contributed by atoms with Gasteiger partial charge in [0, 0.05) is 23.5 Å². The molecule has 3 heterocycles.